The summed E-state index contributed by atoms with van der Waals surface area (Å²) in [5, 5.41) is 2.62. The van der Waals surface area contributed by atoms with Crippen LogP contribution in [0.15, 0.2) is 72.8 Å². The zero-order valence-electron chi connectivity index (χ0n) is 19.4. The van der Waals surface area contributed by atoms with Crippen molar-refractivity contribution in [2.75, 3.05) is 31.5 Å². The van der Waals surface area contributed by atoms with Crippen LogP contribution in [0.4, 0.5) is 19.3 Å². The number of carbonyl (C=O) groups is 1. The number of hydrogen-bond donors (Lipinski definition) is 1. The highest BCUT2D eigenvalue weighted by molar-refractivity contribution is 5.89. The zero-order valence-corrected chi connectivity index (χ0v) is 19.4. The number of amides is 2. The van der Waals surface area contributed by atoms with E-state index in [1.807, 2.05) is 30.3 Å². The van der Waals surface area contributed by atoms with Crippen molar-refractivity contribution in [1.29, 1.82) is 0 Å². The summed E-state index contributed by atoms with van der Waals surface area (Å²) in [5.41, 5.74) is 3.19. The molecule has 2 atom stereocenters. The third kappa shape index (κ3) is 5.36. The number of nitrogens with zero attached hydrogens (tertiary/aromatic N) is 2. The Kier molecular flexibility index (Phi) is 6.78. The molecule has 2 heterocycles. The van der Waals surface area contributed by atoms with Crippen molar-refractivity contribution in [3.8, 4) is 11.8 Å². The molecule has 3 aromatic carbocycles. The molecule has 4 nitrogen and oxygen atoms in total. The monoisotopic (exact) mass is 471 g/mol. The summed E-state index contributed by atoms with van der Waals surface area (Å²) in [4.78, 5) is 17.2. The second-order valence-corrected chi connectivity index (χ2v) is 9.09. The van der Waals surface area contributed by atoms with Gasteiger partial charge >= 0.3 is 6.03 Å². The lowest BCUT2D eigenvalue weighted by Gasteiger charge is -2.30. The van der Waals surface area contributed by atoms with E-state index in [4.69, 9.17) is 0 Å². The number of anilines is 1. The molecular weight excluding hydrogens is 444 g/mol. The van der Waals surface area contributed by atoms with Crippen molar-refractivity contribution < 1.29 is 13.6 Å². The zero-order chi connectivity index (χ0) is 24.2. The fourth-order valence-electron chi connectivity index (χ4n) is 5.06. The smallest absolute Gasteiger partial charge is 0.321 e. The van der Waals surface area contributed by atoms with Gasteiger partial charge in [0.15, 0.2) is 0 Å². The van der Waals surface area contributed by atoms with Crippen molar-refractivity contribution in [1.82, 2.24) is 9.80 Å². The van der Waals surface area contributed by atoms with E-state index in [-0.39, 0.29) is 17.8 Å². The molecule has 5 rings (SSSR count). The summed E-state index contributed by atoms with van der Waals surface area (Å²) in [6.45, 7) is 3.08. The highest BCUT2D eigenvalue weighted by Gasteiger charge is 2.38. The van der Waals surface area contributed by atoms with Crippen LogP contribution < -0.4 is 5.32 Å². The summed E-state index contributed by atoms with van der Waals surface area (Å²) in [7, 11) is 0. The number of rotatable bonds is 2. The van der Waals surface area contributed by atoms with Gasteiger partial charge in [-0.1, -0.05) is 42.2 Å². The van der Waals surface area contributed by atoms with Crippen molar-refractivity contribution in [3.05, 3.63) is 101 Å². The first-order valence-corrected chi connectivity index (χ1v) is 12.0. The Hall–Kier alpha value is -3.69. The molecule has 0 aromatic heterocycles. The van der Waals surface area contributed by atoms with Crippen LogP contribution in [-0.2, 0) is 0 Å². The molecule has 35 heavy (non-hydrogen) atoms. The Bertz CT molecular complexity index is 1250. The largest absolute Gasteiger partial charge is 0.323 e. The lowest BCUT2D eigenvalue weighted by Crippen LogP contribution is -2.43. The van der Waals surface area contributed by atoms with Crippen molar-refractivity contribution in [3.63, 3.8) is 0 Å². The molecular formula is C29H27F2N3O. The first-order valence-electron chi connectivity index (χ1n) is 12.0. The number of nitrogens with one attached hydrogen (secondary N) is 1. The van der Waals surface area contributed by atoms with Crippen molar-refractivity contribution >= 4 is 11.7 Å². The molecule has 2 amide bonds. The van der Waals surface area contributed by atoms with Gasteiger partial charge in [-0.2, -0.15) is 0 Å². The number of urea groups is 1. The van der Waals surface area contributed by atoms with E-state index in [1.54, 1.807) is 4.90 Å². The summed E-state index contributed by atoms with van der Waals surface area (Å²) in [6.07, 6.45) is 1.89. The van der Waals surface area contributed by atoms with E-state index in [0.717, 1.165) is 49.2 Å². The summed E-state index contributed by atoms with van der Waals surface area (Å²) in [5.74, 6) is 5.28. The standard InChI is InChI=1S/C29H27F2N3O/c30-24-13-14-27(26(31)19-24)32-29(35)34-17-4-16-33-18-15-25(28(33)20-34)23-11-9-22(10-12-23)8-7-21-5-2-1-3-6-21/h1-3,5-6,9-14,19,25,28H,4,15-18,20H2,(H,32,35)/t25-,28+/m1/s1. The maximum Gasteiger partial charge on any atom is 0.321 e. The molecule has 2 aliphatic heterocycles. The normalized spacial score (nSPS) is 19.9. The van der Waals surface area contributed by atoms with Gasteiger partial charge in [0.2, 0.25) is 0 Å². The maximum absolute atomic E-state index is 14.0. The minimum absolute atomic E-state index is 0.00678. The lowest BCUT2D eigenvalue weighted by molar-refractivity contribution is 0.196. The molecule has 2 fully saturated rings. The molecule has 0 spiro atoms. The molecule has 0 unspecified atom stereocenters. The van der Waals surface area contributed by atoms with Gasteiger partial charge in [0.05, 0.1) is 5.69 Å². The van der Waals surface area contributed by atoms with Crippen molar-refractivity contribution in [2.24, 2.45) is 0 Å². The molecule has 3 aromatic rings. The van der Waals surface area contributed by atoms with Crippen LogP contribution in [0.2, 0.25) is 0 Å². The van der Waals surface area contributed by atoms with Gasteiger partial charge < -0.3 is 10.2 Å². The fourth-order valence-corrected chi connectivity index (χ4v) is 5.06. The highest BCUT2D eigenvalue weighted by atomic mass is 19.1. The van der Waals surface area contributed by atoms with Crippen molar-refractivity contribution in [2.45, 2.75) is 24.8 Å². The van der Waals surface area contributed by atoms with Gasteiger partial charge in [-0.05, 0) is 61.3 Å². The number of carbonyl (C=O) groups excluding carboxylic acids is 1. The Labute approximate surface area is 204 Å². The molecule has 0 aliphatic carbocycles. The SMILES string of the molecule is O=C(Nc1ccc(F)cc1F)N1CCCN2CC[C@H](c3ccc(C#Cc4ccccc4)cc3)[C@@H]2C1. The van der Waals surface area contributed by atoms with Crippen LogP contribution in [0, 0.1) is 23.5 Å². The lowest BCUT2D eigenvalue weighted by atomic mass is 9.91. The van der Waals surface area contributed by atoms with E-state index in [0.29, 0.717) is 19.0 Å². The molecule has 0 saturated carbocycles. The number of hydrogen-bond acceptors (Lipinski definition) is 2. The first kappa shape index (κ1) is 23.1. The predicted molar refractivity (Wildman–Crippen MR) is 133 cm³/mol. The quantitative estimate of drug-likeness (QED) is 0.504. The number of fused-ring (bicyclic) bond motifs is 1. The molecule has 6 heteroatoms. The third-order valence-corrected chi connectivity index (χ3v) is 6.87. The Morgan fingerprint density at radius 1 is 0.886 bits per heavy atom. The highest BCUT2D eigenvalue weighted by Crippen LogP contribution is 2.35. The van der Waals surface area contributed by atoms with Gasteiger partial charge in [0.1, 0.15) is 11.6 Å². The Morgan fingerprint density at radius 2 is 1.63 bits per heavy atom. The molecule has 2 saturated heterocycles. The van der Waals surface area contributed by atoms with Gasteiger partial charge in [-0.3, -0.25) is 4.90 Å². The summed E-state index contributed by atoms with van der Waals surface area (Å²) >= 11 is 0. The number of benzene rings is 3. The van der Waals surface area contributed by atoms with Crippen LogP contribution in [0.5, 0.6) is 0 Å². The average molecular weight is 472 g/mol. The van der Waals surface area contributed by atoms with E-state index >= 15 is 0 Å². The van der Waals surface area contributed by atoms with Crippen LogP contribution in [0.3, 0.4) is 0 Å². The Morgan fingerprint density at radius 3 is 2.37 bits per heavy atom. The molecule has 1 N–H and O–H groups in total. The van der Waals surface area contributed by atoms with Crippen LogP contribution in [0.25, 0.3) is 0 Å². The topological polar surface area (TPSA) is 35.6 Å². The average Bonchev–Trinajstić information content (AvgIpc) is 3.14. The van der Waals surface area contributed by atoms with Gasteiger partial charge in [0, 0.05) is 48.8 Å². The second-order valence-electron chi connectivity index (χ2n) is 9.09. The van der Waals surface area contributed by atoms with Crippen LogP contribution >= 0.6 is 0 Å². The van der Waals surface area contributed by atoms with Crippen LogP contribution in [0.1, 0.15) is 35.4 Å². The van der Waals surface area contributed by atoms with Gasteiger partial charge in [-0.25, -0.2) is 13.6 Å². The molecule has 178 valence electrons. The fraction of sp³-hybridized carbons (Fsp3) is 0.276. The van der Waals surface area contributed by atoms with Gasteiger partial charge in [0.25, 0.3) is 0 Å². The third-order valence-electron chi connectivity index (χ3n) is 6.87. The van der Waals surface area contributed by atoms with E-state index in [9.17, 15) is 13.6 Å². The van der Waals surface area contributed by atoms with E-state index in [2.05, 4.69) is 46.3 Å². The summed E-state index contributed by atoms with van der Waals surface area (Å²) < 4.78 is 27.3. The van der Waals surface area contributed by atoms with Gasteiger partial charge in [-0.15, -0.1) is 0 Å². The van der Waals surface area contributed by atoms with E-state index in [1.165, 1.54) is 11.6 Å². The van der Waals surface area contributed by atoms with E-state index < -0.39 is 11.6 Å². The second kappa shape index (κ2) is 10.3. The molecule has 2 aliphatic rings. The van der Waals surface area contributed by atoms with Crippen LogP contribution in [-0.4, -0.2) is 48.1 Å². The maximum atomic E-state index is 14.0. The predicted octanol–water partition coefficient (Wildman–Crippen LogP) is 5.46. The Balaban J connectivity index is 1.28. The summed E-state index contributed by atoms with van der Waals surface area (Å²) in [6, 6.07) is 21.4. The molecule has 0 bridgehead atoms. The molecule has 0 radical (unpaired) electrons. The minimum atomic E-state index is -0.774. The first-order chi connectivity index (χ1) is 17.1. The minimum Gasteiger partial charge on any atom is -0.323 e. The number of halogens is 2.